The molecule has 40 heavy (non-hydrogen) atoms. The number of carbonyl (C=O) groups excluding carboxylic acids is 1. The quantitative estimate of drug-likeness (QED) is 0.249. The molecule has 0 aromatic heterocycles. The number of amides is 1. The van der Waals surface area contributed by atoms with E-state index in [0.717, 1.165) is 48.1 Å². The Morgan fingerprint density at radius 3 is 1.55 bits per heavy atom. The molecule has 0 saturated carbocycles. The summed E-state index contributed by atoms with van der Waals surface area (Å²) < 4.78 is 110. The van der Waals surface area contributed by atoms with Gasteiger partial charge in [0.1, 0.15) is 11.5 Å². The Hall–Kier alpha value is -3.37. The lowest BCUT2D eigenvalue weighted by molar-refractivity contribution is -0.253. The molecule has 17 heteroatoms. The molecule has 0 saturated heterocycles. The number of nitrogens with zero attached hydrogens (tertiary/aromatic N) is 1. The van der Waals surface area contributed by atoms with E-state index < -0.39 is 48.4 Å². The minimum atomic E-state index is -4.64. The third-order valence-electron chi connectivity index (χ3n) is 4.03. The first-order chi connectivity index (χ1) is 18.0. The average Bonchev–Trinajstić information content (AvgIpc) is 2.87. The van der Waals surface area contributed by atoms with Gasteiger partial charge in [-0.15, -0.1) is 12.4 Å². The van der Waals surface area contributed by atoms with Gasteiger partial charge in [0.15, 0.2) is 0 Å². The van der Waals surface area contributed by atoms with Crippen LogP contribution in [0.5, 0.6) is 11.5 Å². The van der Waals surface area contributed by atoms with E-state index in [1.54, 1.807) is 7.11 Å². The number of hydroxylamine groups is 2. The second-order valence-electron chi connectivity index (χ2n) is 6.85. The van der Waals surface area contributed by atoms with Crippen LogP contribution in [0.1, 0.15) is 27.6 Å². The molecule has 1 amide bonds. The number of halogens is 9. The lowest BCUT2D eigenvalue weighted by Gasteiger charge is -2.18. The number of benzene rings is 2. The zero-order valence-electron chi connectivity index (χ0n) is 21.3. The van der Waals surface area contributed by atoms with Crippen molar-refractivity contribution in [2.75, 3.05) is 27.9 Å². The summed E-state index contributed by atoms with van der Waals surface area (Å²) >= 11 is 0. The lowest BCUT2D eigenvalue weighted by Crippen LogP contribution is -2.33. The van der Waals surface area contributed by atoms with Gasteiger partial charge in [0, 0.05) is 26.3 Å². The van der Waals surface area contributed by atoms with Crippen LogP contribution in [-0.2, 0) is 9.57 Å². The van der Waals surface area contributed by atoms with Gasteiger partial charge in [-0.05, 0) is 43.3 Å². The standard InChI is InChI=1S/C11H11F4NO3.C9H6F4O3.C3H8O.ClH/c1-16(18-2)9(17)7-4-3-5-8(6-7)19-11(14,15)10(12)13;10-8(11)9(12,13)16-6-3-1-2-5(4-6)7(14)15;1-3-4-2;/h3-6,10H,1-2H3;1-4,8H,(H,14,15);3H2,1-2H3;1H. The highest BCUT2D eigenvalue weighted by Gasteiger charge is 2.44. The Balaban J connectivity index is 0. The van der Waals surface area contributed by atoms with Crippen molar-refractivity contribution in [2.24, 2.45) is 0 Å². The van der Waals surface area contributed by atoms with Crippen LogP contribution in [0.4, 0.5) is 35.1 Å². The van der Waals surface area contributed by atoms with E-state index in [2.05, 4.69) is 19.0 Å². The summed E-state index contributed by atoms with van der Waals surface area (Å²) in [4.78, 5) is 26.7. The highest BCUT2D eigenvalue weighted by atomic mass is 35.5. The van der Waals surface area contributed by atoms with Crippen LogP contribution in [0.25, 0.3) is 0 Å². The van der Waals surface area contributed by atoms with Gasteiger partial charge < -0.3 is 19.3 Å². The van der Waals surface area contributed by atoms with Crippen LogP contribution in [0.3, 0.4) is 0 Å². The molecule has 0 aliphatic rings. The van der Waals surface area contributed by atoms with Gasteiger partial charge >= 0.3 is 31.0 Å². The predicted molar refractivity (Wildman–Crippen MR) is 127 cm³/mol. The predicted octanol–water partition coefficient (Wildman–Crippen LogP) is 6.25. The van der Waals surface area contributed by atoms with E-state index in [-0.39, 0.29) is 23.5 Å². The molecular weight excluding hydrogens is 590 g/mol. The molecule has 0 heterocycles. The SMILES string of the molecule is CCOC.CON(C)C(=O)c1cccc(OC(F)(F)C(F)F)c1.Cl.O=C(O)c1cccc(OC(F)(F)C(F)F)c1. The van der Waals surface area contributed by atoms with Crippen LogP contribution in [0, 0.1) is 0 Å². The highest BCUT2D eigenvalue weighted by molar-refractivity contribution is 5.93. The molecule has 0 unspecified atom stereocenters. The van der Waals surface area contributed by atoms with Crippen molar-refractivity contribution in [3.05, 3.63) is 59.7 Å². The number of carboxylic acid groups (broad SMARTS) is 1. The van der Waals surface area contributed by atoms with Crippen LogP contribution < -0.4 is 9.47 Å². The first kappa shape index (κ1) is 38.8. The van der Waals surface area contributed by atoms with E-state index in [0.29, 0.717) is 0 Å². The van der Waals surface area contributed by atoms with E-state index in [4.69, 9.17) is 5.11 Å². The maximum atomic E-state index is 12.7. The van der Waals surface area contributed by atoms with Crippen molar-refractivity contribution < 1.29 is 68.9 Å². The van der Waals surface area contributed by atoms with Crippen LogP contribution >= 0.6 is 12.4 Å². The summed E-state index contributed by atoms with van der Waals surface area (Å²) in [5, 5.41) is 9.38. The molecule has 8 nitrogen and oxygen atoms in total. The number of hydrogen-bond acceptors (Lipinski definition) is 6. The fourth-order valence-corrected chi connectivity index (χ4v) is 2.05. The largest absolute Gasteiger partial charge is 0.478 e. The first-order valence-electron chi connectivity index (χ1n) is 10.5. The number of alkyl halides is 8. The monoisotopic (exact) mass is 615 g/mol. The Labute approximate surface area is 229 Å². The number of aromatic carboxylic acids is 1. The van der Waals surface area contributed by atoms with Crippen molar-refractivity contribution in [1.29, 1.82) is 0 Å². The second kappa shape index (κ2) is 18.1. The molecule has 2 rings (SSSR count). The third-order valence-corrected chi connectivity index (χ3v) is 4.03. The number of carboxylic acids is 1. The zero-order valence-corrected chi connectivity index (χ0v) is 22.1. The van der Waals surface area contributed by atoms with Gasteiger partial charge in [-0.2, -0.15) is 35.1 Å². The number of rotatable bonds is 10. The van der Waals surface area contributed by atoms with E-state index in [1.807, 2.05) is 6.92 Å². The Morgan fingerprint density at radius 2 is 1.23 bits per heavy atom. The van der Waals surface area contributed by atoms with Crippen molar-refractivity contribution >= 4 is 24.3 Å². The van der Waals surface area contributed by atoms with E-state index in [9.17, 15) is 44.7 Å². The molecule has 0 fully saturated rings. The van der Waals surface area contributed by atoms with E-state index in [1.165, 1.54) is 26.3 Å². The smallest absolute Gasteiger partial charge is 0.461 e. The summed E-state index contributed by atoms with van der Waals surface area (Å²) in [5.41, 5.74) is -0.366. The van der Waals surface area contributed by atoms with Gasteiger partial charge in [-0.25, -0.2) is 9.86 Å². The van der Waals surface area contributed by atoms with Gasteiger partial charge in [0.2, 0.25) is 0 Å². The summed E-state index contributed by atoms with van der Waals surface area (Å²) in [6.07, 6.45) is -17.2. The molecule has 0 atom stereocenters. The fraction of sp³-hybridized carbons (Fsp3) is 0.391. The number of methoxy groups -OCH3 is 1. The molecule has 2 aromatic rings. The second-order valence-corrected chi connectivity index (χ2v) is 6.85. The molecule has 0 radical (unpaired) electrons. The van der Waals surface area contributed by atoms with Crippen LogP contribution in [0.15, 0.2) is 48.5 Å². The van der Waals surface area contributed by atoms with E-state index >= 15 is 0 Å². The highest BCUT2D eigenvalue weighted by Crippen LogP contribution is 2.29. The lowest BCUT2D eigenvalue weighted by atomic mass is 10.2. The summed E-state index contributed by atoms with van der Waals surface area (Å²) in [5.74, 6) is -3.18. The van der Waals surface area contributed by atoms with Gasteiger partial charge in [-0.3, -0.25) is 9.63 Å². The third kappa shape index (κ3) is 13.6. The minimum Gasteiger partial charge on any atom is -0.478 e. The molecular formula is C23H26ClF8NO7. The van der Waals surface area contributed by atoms with Crippen LogP contribution in [-0.4, -0.2) is 75.0 Å². The van der Waals surface area contributed by atoms with Gasteiger partial charge in [0.25, 0.3) is 5.91 Å². The Morgan fingerprint density at radius 1 is 0.850 bits per heavy atom. The van der Waals surface area contributed by atoms with Crippen molar-refractivity contribution in [1.82, 2.24) is 5.06 Å². The molecule has 2 aromatic carbocycles. The van der Waals surface area contributed by atoms with Crippen molar-refractivity contribution in [2.45, 2.75) is 32.0 Å². The van der Waals surface area contributed by atoms with Crippen molar-refractivity contribution in [3.8, 4) is 11.5 Å². The van der Waals surface area contributed by atoms with Crippen molar-refractivity contribution in [3.63, 3.8) is 0 Å². The maximum absolute atomic E-state index is 12.7. The topological polar surface area (TPSA) is 94.5 Å². The fourth-order valence-electron chi connectivity index (χ4n) is 2.05. The number of ether oxygens (including phenoxy) is 3. The molecule has 0 aliphatic carbocycles. The first-order valence-corrected chi connectivity index (χ1v) is 10.5. The van der Waals surface area contributed by atoms with Gasteiger partial charge in [-0.1, -0.05) is 12.1 Å². The summed E-state index contributed by atoms with van der Waals surface area (Å²) in [6, 6.07) is 8.43. The Kier molecular flexibility index (Phi) is 17.5. The molecule has 0 bridgehead atoms. The van der Waals surface area contributed by atoms with Crippen LogP contribution in [0.2, 0.25) is 0 Å². The Bertz CT molecular complexity index is 1050. The normalized spacial score (nSPS) is 10.8. The number of carbonyl (C=O) groups is 2. The maximum Gasteiger partial charge on any atom is 0.461 e. The minimum absolute atomic E-state index is 0. The summed E-state index contributed by atoms with van der Waals surface area (Å²) in [6.45, 7) is 2.78. The average molecular weight is 616 g/mol. The molecule has 1 N–H and O–H groups in total. The summed E-state index contributed by atoms with van der Waals surface area (Å²) in [7, 11) is 4.23. The molecule has 0 aliphatic heterocycles. The molecule has 228 valence electrons. The van der Waals surface area contributed by atoms with Gasteiger partial charge in [0.05, 0.1) is 12.7 Å². The molecule has 0 spiro atoms. The number of hydrogen-bond donors (Lipinski definition) is 1. The zero-order chi connectivity index (χ0) is 30.4.